The van der Waals surface area contributed by atoms with Crippen molar-refractivity contribution in [2.45, 2.75) is 6.42 Å². The number of rotatable bonds is 2. The van der Waals surface area contributed by atoms with Crippen LogP contribution in [0.3, 0.4) is 0 Å². The highest BCUT2D eigenvalue weighted by Crippen LogP contribution is 2.07. The maximum atomic E-state index is 2.20. The molecule has 0 aliphatic rings. The monoisotopic (exact) mass is 180 g/mol. The van der Waals surface area contributed by atoms with Gasteiger partial charge in [-0.3, -0.25) is 0 Å². The van der Waals surface area contributed by atoms with Gasteiger partial charge in [-0.25, -0.2) is 0 Å². The van der Waals surface area contributed by atoms with Crippen molar-refractivity contribution in [3.8, 4) is 0 Å². The molecule has 0 atom stereocenters. The summed E-state index contributed by atoms with van der Waals surface area (Å²) in [4.78, 5) is 0. The first-order valence-electron chi connectivity index (χ1n) is 4.94. The maximum Gasteiger partial charge on any atom is 0.139 e. The van der Waals surface area contributed by atoms with Crippen LogP contribution in [0.5, 0.6) is 0 Å². The summed E-state index contributed by atoms with van der Waals surface area (Å²) in [7, 11) is 2.12. The summed E-state index contributed by atoms with van der Waals surface area (Å²) < 4.78 is 0. The zero-order valence-corrected chi connectivity index (χ0v) is 8.40. The third-order valence-corrected chi connectivity index (χ3v) is 2.37. The van der Waals surface area contributed by atoms with Crippen molar-refractivity contribution in [1.29, 1.82) is 0 Å². The summed E-state index contributed by atoms with van der Waals surface area (Å²) >= 11 is 0. The second-order valence-electron chi connectivity index (χ2n) is 3.65. The number of benzene rings is 2. The fraction of sp³-hybridized carbons (Fsp3) is 0.0769. The predicted molar refractivity (Wildman–Crippen MR) is 63.9 cm³/mol. The minimum atomic E-state index is 1.03. The molecular formula is C13H13B. The van der Waals surface area contributed by atoms with E-state index in [-0.39, 0.29) is 0 Å². The molecule has 0 heterocycles. The molecule has 0 nitrogen and oxygen atoms in total. The van der Waals surface area contributed by atoms with Gasteiger partial charge in [0.25, 0.3) is 0 Å². The molecule has 14 heavy (non-hydrogen) atoms. The van der Waals surface area contributed by atoms with E-state index in [4.69, 9.17) is 0 Å². The van der Waals surface area contributed by atoms with E-state index in [0.29, 0.717) is 0 Å². The van der Waals surface area contributed by atoms with Crippen LogP contribution in [0.25, 0.3) is 0 Å². The molecule has 68 valence electrons. The topological polar surface area (TPSA) is 0 Å². The normalized spacial score (nSPS) is 10.0. The van der Waals surface area contributed by atoms with Crippen molar-refractivity contribution in [2.24, 2.45) is 0 Å². The molecule has 0 saturated heterocycles. The maximum absolute atomic E-state index is 2.20. The molecule has 0 radical (unpaired) electrons. The molecular weight excluding hydrogens is 167 g/mol. The number of hydrogen-bond acceptors (Lipinski definition) is 0. The molecule has 2 aromatic carbocycles. The first-order chi connectivity index (χ1) is 6.84. The Hall–Kier alpha value is -1.50. The summed E-state index contributed by atoms with van der Waals surface area (Å²) in [6.45, 7) is 0. The lowest BCUT2D eigenvalue weighted by molar-refractivity contribution is 1.20. The highest BCUT2D eigenvalue weighted by Gasteiger charge is 1.94. The van der Waals surface area contributed by atoms with Crippen molar-refractivity contribution in [3.05, 3.63) is 65.7 Å². The van der Waals surface area contributed by atoms with Gasteiger partial charge in [0.15, 0.2) is 0 Å². The Balaban J connectivity index is 2.16. The smallest absolute Gasteiger partial charge is 0.0889 e. The van der Waals surface area contributed by atoms with Gasteiger partial charge in [0.05, 0.1) is 0 Å². The molecule has 2 rings (SSSR count). The highest BCUT2D eigenvalue weighted by atomic mass is 14.0. The average molecular weight is 180 g/mol. The van der Waals surface area contributed by atoms with Crippen LogP contribution in [0.4, 0.5) is 0 Å². The Kier molecular flexibility index (Phi) is 2.69. The SMILES string of the molecule is Bc1ccc(Cc2ccccc2)cc1. The van der Waals surface area contributed by atoms with Crippen LogP contribution in [0, 0.1) is 0 Å². The van der Waals surface area contributed by atoms with Crippen molar-refractivity contribution in [2.75, 3.05) is 0 Å². The summed E-state index contributed by atoms with van der Waals surface area (Å²) in [5, 5.41) is 0. The van der Waals surface area contributed by atoms with Gasteiger partial charge in [0.2, 0.25) is 0 Å². The van der Waals surface area contributed by atoms with Gasteiger partial charge in [0, 0.05) is 0 Å². The quantitative estimate of drug-likeness (QED) is 0.615. The Labute approximate surface area is 86.0 Å². The van der Waals surface area contributed by atoms with Crippen LogP contribution in [0.15, 0.2) is 54.6 Å². The highest BCUT2D eigenvalue weighted by molar-refractivity contribution is 6.32. The second-order valence-corrected chi connectivity index (χ2v) is 3.65. The minimum Gasteiger partial charge on any atom is -0.0889 e. The van der Waals surface area contributed by atoms with Gasteiger partial charge >= 0.3 is 0 Å². The summed E-state index contributed by atoms with van der Waals surface area (Å²) in [5.74, 6) is 0. The van der Waals surface area contributed by atoms with E-state index in [9.17, 15) is 0 Å². The van der Waals surface area contributed by atoms with Crippen LogP contribution in [-0.2, 0) is 6.42 Å². The first-order valence-corrected chi connectivity index (χ1v) is 4.94. The Morgan fingerprint density at radius 1 is 0.714 bits per heavy atom. The predicted octanol–water partition coefficient (Wildman–Crippen LogP) is 1.54. The van der Waals surface area contributed by atoms with Crippen molar-refractivity contribution < 1.29 is 0 Å². The van der Waals surface area contributed by atoms with Gasteiger partial charge in [0.1, 0.15) is 7.85 Å². The van der Waals surface area contributed by atoms with Gasteiger partial charge in [-0.15, -0.1) is 0 Å². The molecule has 1 heteroatoms. The average Bonchev–Trinajstić information content (AvgIpc) is 2.23. The Bertz CT molecular complexity index is 389. The Morgan fingerprint density at radius 2 is 1.29 bits per heavy atom. The molecule has 0 saturated carbocycles. The lowest BCUT2D eigenvalue weighted by atomic mass is 9.94. The Morgan fingerprint density at radius 3 is 1.93 bits per heavy atom. The number of hydrogen-bond donors (Lipinski definition) is 0. The summed E-state index contributed by atoms with van der Waals surface area (Å²) in [5.41, 5.74) is 4.07. The van der Waals surface area contributed by atoms with Gasteiger partial charge in [-0.2, -0.15) is 0 Å². The van der Waals surface area contributed by atoms with E-state index < -0.39 is 0 Å². The van der Waals surface area contributed by atoms with Gasteiger partial charge in [-0.1, -0.05) is 60.1 Å². The van der Waals surface area contributed by atoms with E-state index in [1.807, 2.05) is 0 Å². The van der Waals surface area contributed by atoms with E-state index in [1.165, 1.54) is 16.6 Å². The molecule has 0 amide bonds. The zero-order chi connectivity index (χ0) is 9.80. The minimum absolute atomic E-state index is 1.03. The van der Waals surface area contributed by atoms with Crippen LogP contribution in [0.2, 0.25) is 0 Å². The fourth-order valence-electron chi connectivity index (χ4n) is 1.54. The van der Waals surface area contributed by atoms with Crippen molar-refractivity contribution >= 4 is 13.3 Å². The van der Waals surface area contributed by atoms with Crippen LogP contribution in [-0.4, -0.2) is 7.85 Å². The first kappa shape index (κ1) is 9.08. The van der Waals surface area contributed by atoms with Crippen LogP contribution >= 0.6 is 0 Å². The molecule has 0 aliphatic carbocycles. The third-order valence-electron chi connectivity index (χ3n) is 2.37. The molecule has 0 N–H and O–H groups in total. The van der Waals surface area contributed by atoms with Gasteiger partial charge in [-0.05, 0) is 17.5 Å². The fourth-order valence-corrected chi connectivity index (χ4v) is 1.54. The second kappa shape index (κ2) is 4.14. The van der Waals surface area contributed by atoms with Crippen molar-refractivity contribution in [3.63, 3.8) is 0 Å². The molecule has 0 aromatic heterocycles. The van der Waals surface area contributed by atoms with Gasteiger partial charge < -0.3 is 0 Å². The molecule has 0 fully saturated rings. The van der Waals surface area contributed by atoms with E-state index >= 15 is 0 Å². The molecule has 0 unspecified atom stereocenters. The summed E-state index contributed by atoms with van der Waals surface area (Å²) in [6.07, 6.45) is 1.03. The standard InChI is InChI=1S/C13H13B/c14-13-8-6-12(7-9-13)10-11-4-2-1-3-5-11/h1-9H,10,14H2. The molecule has 0 bridgehead atoms. The lowest BCUT2D eigenvalue weighted by Crippen LogP contribution is -2.00. The van der Waals surface area contributed by atoms with E-state index in [1.54, 1.807) is 0 Å². The van der Waals surface area contributed by atoms with Crippen LogP contribution in [0.1, 0.15) is 11.1 Å². The van der Waals surface area contributed by atoms with Crippen LogP contribution < -0.4 is 5.46 Å². The van der Waals surface area contributed by atoms with E-state index in [2.05, 4.69) is 62.4 Å². The lowest BCUT2D eigenvalue weighted by Gasteiger charge is -2.01. The largest absolute Gasteiger partial charge is 0.139 e. The van der Waals surface area contributed by atoms with E-state index in [0.717, 1.165) is 6.42 Å². The third kappa shape index (κ3) is 2.26. The molecule has 0 spiro atoms. The molecule has 2 aromatic rings. The summed E-state index contributed by atoms with van der Waals surface area (Å²) in [6, 6.07) is 19.3. The van der Waals surface area contributed by atoms with Crippen molar-refractivity contribution in [1.82, 2.24) is 0 Å². The zero-order valence-electron chi connectivity index (χ0n) is 8.40. The molecule has 0 aliphatic heterocycles.